The highest BCUT2D eigenvalue weighted by atomic mass is 15.3. The summed E-state index contributed by atoms with van der Waals surface area (Å²) < 4.78 is 1.78. The number of hydrogen-bond donors (Lipinski definition) is 0. The van der Waals surface area contributed by atoms with Gasteiger partial charge in [0.05, 0.1) is 5.70 Å². The van der Waals surface area contributed by atoms with Gasteiger partial charge in [-0.2, -0.15) is 5.10 Å². The van der Waals surface area contributed by atoms with E-state index in [4.69, 9.17) is 0 Å². The monoisotopic (exact) mass is 189 g/mol. The van der Waals surface area contributed by atoms with E-state index in [-0.39, 0.29) is 0 Å². The van der Waals surface area contributed by atoms with Gasteiger partial charge >= 0.3 is 0 Å². The van der Waals surface area contributed by atoms with Crippen molar-refractivity contribution < 1.29 is 0 Å². The lowest BCUT2D eigenvalue weighted by atomic mass is 10.3. The highest BCUT2D eigenvalue weighted by Gasteiger charge is 2.03. The number of hydrogen-bond acceptors (Lipinski definition) is 2. The fourth-order valence-electron chi connectivity index (χ4n) is 1.19. The van der Waals surface area contributed by atoms with Crippen molar-refractivity contribution in [3.63, 3.8) is 0 Å². The van der Waals surface area contributed by atoms with Crippen molar-refractivity contribution in [2.45, 2.75) is 20.8 Å². The van der Waals surface area contributed by atoms with Crippen molar-refractivity contribution in [3.8, 4) is 0 Å². The maximum Gasteiger partial charge on any atom is 0.148 e. The lowest BCUT2D eigenvalue weighted by Gasteiger charge is -2.01. The minimum atomic E-state index is 0.774. The van der Waals surface area contributed by atoms with Crippen LogP contribution in [0.15, 0.2) is 30.9 Å². The summed E-state index contributed by atoms with van der Waals surface area (Å²) in [5.41, 5.74) is 0.932. The van der Waals surface area contributed by atoms with Gasteiger partial charge in [0, 0.05) is 0 Å². The van der Waals surface area contributed by atoms with Gasteiger partial charge in [-0.05, 0) is 32.9 Å². The van der Waals surface area contributed by atoms with Crippen LogP contribution in [0.3, 0.4) is 0 Å². The van der Waals surface area contributed by atoms with E-state index in [1.54, 1.807) is 10.8 Å². The van der Waals surface area contributed by atoms with Crippen molar-refractivity contribution in [1.29, 1.82) is 0 Å². The molecule has 1 rings (SSSR count). The van der Waals surface area contributed by atoms with Gasteiger partial charge in [0.2, 0.25) is 0 Å². The van der Waals surface area contributed by atoms with Crippen LogP contribution in [0.25, 0.3) is 5.70 Å². The van der Waals surface area contributed by atoms with Crippen LogP contribution in [-0.2, 0) is 0 Å². The van der Waals surface area contributed by atoms with Crippen LogP contribution in [0.4, 0.5) is 0 Å². The second-order valence-corrected chi connectivity index (χ2v) is 2.94. The minimum Gasteiger partial charge on any atom is -0.218 e. The highest BCUT2D eigenvalue weighted by Crippen LogP contribution is 2.07. The lowest BCUT2D eigenvalue weighted by Crippen LogP contribution is -1.99. The number of allylic oxidation sites excluding steroid dienone is 5. The Kier molecular flexibility index (Phi) is 3.40. The number of aromatic nitrogens is 3. The van der Waals surface area contributed by atoms with Crippen molar-refractivity contribution in [2.75, 3.05) is 0 Å². The van der Waals surface area contributed by atoms with Gasteiger partial charge in [-0.15, -0.1) is 0 Å². The van der Waals surface area contributed by atoms with Gasteiger partial charge in [0.1, 0.15) is 11.6 Å². The summed E-state index contributed by atoms with van der Waals surface area (Å²) in [6, 6.07) is 0. The Labute approximate surface area is 84.5 Å². The van der Waals surface area contributed by atoms with E-state index < -0.39 is 0 Å². The summed E-state index contributed by atoms with van der Waals surface area (Å²) in [7, 11) is 0. The smallest absolute Gasteiger partial charge is 0.148 e. The molecule has 0 unspecified atom stereocenters. The second kappa shape index (κ2) is 4.56. The molecule has 0 aliphatic rings. The summed E-state index contributed by atoms with van der Waals surface area (Å²) in [4.78, 5) is 4.23. The Morgan fingerprint density at radius 1 is 1.43 bits per heavy atom. The van der Waals surface area contributed by atoms with E-state index in [0.29, 0.717) is 0 Å². The highest BCUT2D eigenvalue weighted by molar-refractivity contribution is 5.57. The van der Waals surface area contributed by atoms with Crippen LogP contribution in [0.5, 0.6) is 0 Å². The first-order chi connectivity index (χ1) is 6.69. The predicted molar refractivity (Wildman–Crippen MR) is 58.8 cm³/mol. The Morgan fingerprint density at radius 2 is 2.14 bits per heavy atom. The van der Waals surface area contributed by atoms with Gasteiger partial charge in [-0.25, -0.2) is 9.67 Å². The molecular formula is C11H15N3. The van der Waals surface area contributed by atoms with Crippen LogP contribution in [0.1, 0.15) is 18.6 Å². The van der Waals surface area contributed by atoms with Crippen molar-refractivity contribution in [2.24, 2.45) is 0 Å². The Hall–Kier alpha value is -1.64. The summed E-state index contributed by atoms with van der Waals surface area (Å²) >= 11 is 0. The molecule has 74 valence electrons. The molecule has 3 nitrogen and oxygen atoms in total. The van der Waals surface area contributed by atoms with E-state index in [0.717, 1.165) is 17.3 Å². The molecule has 0 saturated heterocycles. The number of aryl methyl sites for hydroxylation is 2. The van der Waals surface area contributed by atoms with E-state index in [1.165, 1.54) is 0 Å². The van der Waals surface area contributed by atoms with Crippen LogP contribution < -0.4 is 0 Å². The molecule has 14 heavy (non-hydrogen) atoms. The molecule has 1 aromatic heterocycles. The fourth-order valence-corrected chi connectivity index (χ4v) is 1.19. The summed E-state index contributed by atoms with van der Waals surface area (Å²) in [6.07, 6.45) is 7.63. The zero-order valence-electron chi connectivity index (χ0n) is 8.86. The Balaban J connectivity index is 3.12. The topological polar surface area (TPSA) is 30.7 Å². The lowest BCUT2D eigenvalue weighted by molar-refractivity contribution is 0.857. The van der Waals surface area contributed by atoms with Crippen molar-refractivity contribution in [3.05, 3.63) is 42.5 Å². The summed E-state index contributed by atoms with van der Waals surface area (Å²) in [6.45, 7) is 9.52. The molecule has 0 aliphatic heterocycles. The summed E-state index contributed by atoms with van der Waals surface area (Å²) in [5.74, 6) is 1.65. The van der Waals surface area contributed by atoms with Gasteiger partial charge < -0.3 is 0 Å². The average Bonchev–Trinajstić information content (AvgIpc) is 2.47. The zero-order valence-corrected chi connectivity index (χ0v) is 8.86. The van der Waals surface area contributed by atoms with E-state index in [9.17, 15) is 0 Å². The SMILES string of the molecule is C=C/C(=C\C=C/C)n1nc(C)nc1C. The van der Waals surface area contributed by atoms with Crippen molar-refractivity contribution >= 4 is 5.70 Å². The Morgan fingerprint density at radius 3 is 2.57 bits per heavy atom. The molecule has 0 aliphatic carbocycles. The van der Waals surface area contributed by atoms with E-state index in [1.807, 2.05) is 39.0 Å². The van der Waals surface area contributed by atoms with Crippen molar-refractivity contribution in [1.82, 2.24) is 14.8 Å². The molecule has 3 heteroatoms. The molecule has 0 bridgehead atoms. The largest absolute Gasteiger partial charge is 0.218 e. The standard InChI is InChI=1S/C11H15N3/c1-5-7-8-11(6-2)14-10(4)12-9(3)13-14/h5-8H,2H2,1,3-4H3/b7-5-,11-8+. The molecule has 0 spiro atoms. The Bertz CT molecular complexity index is 383. The normalized spacial score (nSPS) is 12.4. The third-order valence-corrected chi connectivity index (χ3v) is 1.79. The van der Waals surface area contributed by atoms with Crippen LogP contribution in [0.2, 0.25) is 0 Å². The molecule has 0 amide bonds. The molecule has 0 N–H and O–H groups in total. The van der Waals surface area contributed by atoms with Gasteiger partial charge in [-0.1, -0.05) is 18.7 Å². The molecular weight excluding hydrogens is 174 g/mol. The summed E-state index contributed by atoms with van der Waals surface area (Å²) in [5, 5.41) is 4.27. The molecule has 0 aromatic carbocycles. The average molecular weight is 189 g/mol. The quantitative estimate of drug-likeness (QED) is 0.684. The molecule has 0 fully saturated rings. The first-order valence-corrected chi connectivity index (χ1v) is 4.55. The molecule has 1 aromatic rings. The minimum absolute atomic E-state index is 0.774. The number of rotatable bonds is 3. The third-order valence-electron chi connectivity index (χ3n) is 1.79. The first kappa shape index (κ1) is 10.4. The predicted octanol–water partition coefficient (Wildman–Crippen LogP) is 2.50. The molecule has 1 heterocycles. The van der Waals surface area contributed by atoms with Gasteiger partial charge in [0.15, 0.2) is 0 Å². The first-order valence-electron chi connectivity index (χ1n) is 4.55. The van der Waals surface area contributed by atoms with Crippen LogP contribution in [0, 0.1) is 13.8 Å². The third kappa shape index (κ3) is 2.19. The second-order valence-electron chi connectivity index (χ2n) is 2.94. The van der Waals surface area contributed by atoms with Gasteiger partial charge in [-0.3, -0.25) is 0 Å². The van der Waals surface area contributed by atoms with E-state index >= 15 is 0 Å². The maximum absolute atomic E-state index is 4.27. The fraction of sp³-hybridized carbons (Fsp3) is 0.273. The van der Waals surface area contributed by atoms with E-state index in [2.05, 4.69) is 16.7 Å². The molecule has 0 atom stereocenters. The van der Waals surface area contributed by atoms with Crippen LogP contribution in [-0.4, -0.2) is 14.8 Å². The zero-order chi connectivity index (χ0) is 10.6. The van der Waals surface area contributed by atoms with Gasteiger partial charge in [0.25, 0.3) is 0 Å². The maximum atomic E-state index is 4.27. The molecule has 0 saturated carbocycles. The molecule has 0 radical (unpaired) electrons. The number of nitrogens with zero attached hydrogens (tertiary/aromatic N) is 3. The van der Waals surface area contributed by atoms with Crippen LogP contribution >= 0.6 is 0 Å².